The van der Waals surface area contributed by atoms with Crippen LogP contribution in [0.1, 0.15) is 24.8 Å². The fourth-order valence-electron chi connectivity index (χ4n) is 4.54. The van der Waals surface area contributed by atoms with Gasteiger partial charge in [0.15, 0.2) is 5.82 Å². The second-order valence-corrected chi connectivity index (χ2v) is 11.7. The molecule has 1 N–H and O–H groups in total. The molecule has 10 heteroatoms. The Bertz CT molecular complexity index is 1050. The van der Waals surface area contributed by atoms with Gasteiger partial charge in [0.05, 0.1) is 24.7 Å². The SMILES string of the molecule is O=S(=O)(CCC1CCN(Cc2ccc3c(c2)Nc2nccnc2S3)CC1)N1CCOCC1. The molecule has 0 bridgehead atoms. The van der Waals surface area contributed by atoms with Crippen LogP contribution in [0.5, 0.6) is 0 Å². The van der Waals surface area contributed by atoms with E-state index in [1.165, 1.54) is 10.5 Å². The Labute approximate surface area is 193 Å². The van der Waals surface area contributed by atoms with Gasteiger partial charge in [0.25, 0.3) is 0 Å². The lowest BCUT2D eigenvalue weighted by atomic mass is 9.94. The third kappa shape index (κ3) is 5.09. The molecule has 172 valence electrons. The van der Waals surface area contributed by atoms with Gasteiger partial charge < -0.3 is 10.1 Å². The summed E-state index contributed by atoms with van der Waals surface area (Å²) in [6.07, 6.45) is 6.29. The number of sulfonamides is 1. The number of nitrogens with zero attached hydrogens (tertiary/aromatic N) is 4. The zero-order valence-electron chi connectivity index (χ0n) is 18.1. The van der Waals surface area contributed by atoms with Gasteiger partial charge in [-0.1, -0.05) is 17.8 Å². The van der Waals surface area contributed by atoms with Crippen molar-refractivity contribution in [3.05, 3.63) is 36.2 Å². The molecule has 0 radical (unpaired) electrons. The van der Waals surface area contributed by atoms with E-state index in [0.717, 1.165) is 55.4 Å². The highest BCUT2D eigenvalue weighted by Gasteiger charge is 2.27. The molecule has 0 saturated carbocycles. The standard InChI is InChI=1S/C22H29N5O3S2/c28-32(29,27-10-12-30-13-11-27)14-5-17-3-8-26(9-4-17)16-18-1-2-20-19(15-18)25-21-22(31-20)24-7-6-23-21/h1-2,6-7,15,17H,3-5,8-14,16H2,(H,23,25). The molecule has 4 heterocycles. The summed E-state index contributed by atoms with van der Waals surface area (Å²) in [7, 11) is -3.15. The number of rotatable bonds is 6. The van der Waals surface area contributed by atoms with Crippen LogP contribution >= 0.6 is 11.8 Å². The molecule has 0 spiro atoms. The van der Waals surface area contributed by atoms with E-state index in [1.807, 2.05) is 0 Å². The first-order valence-electron chi connectivity index (χ1n) is 11.2. The highest BCUT2D eigenvalue weighted by molar-refractivity contribution is 7.99. The quantitative estimate of drug-likeness (QED) is 0.582. The third-order valence-electron chi connectivity index (χ3n) is 6.43. The maximum absolute atomic E-state index is 12.6. The largest absolute Gasteiger partial charge is 0.379 e. The van der Waals surface area contributed by atoms with Crippen molar-refractivity contribution in [2.75, 3.05) is 50.5 Å². The number of fused-ring (bicyclic) bond motifs is 2. The average molecular weight is 476 g/mol. The van der Waals surface area contributed by atoms with Gasteiger partial charge in [-0.15, -0.1) is 0 Å². The smallest absolute Gasteiger partial charge is 0.214 e. The summed E-state index contributed by atoms with van der Waals surface area (Å²) in [5.41, 5.74) is 2.36. The minimum Gasteiger partial charge on any atom is -0.379 e. The van der Waals surface area contributed by atoms with Crippen LogP contribution in [0.3, 0.4) is 0 Å². The molecule has 2 fully saturated rings. The summed E-state index contributed by atoms with van der Waals surface area (Å²) in [6.45, 7) is 4.93. The normalized spacial score (nSPS) is 20.4. The molecule has 1 aromatic heterocycles. The minimum atomic E-state index is -3.15. The number of aromatic nitrogens is 2. The van der Waals surface area contributed by atoms with Gasteiger partial charge in [-0.25, -0.2) is 18.4 Å². The number of likely N-dealkylation sites (tertiary alicyclic amines) is 1. The lowest BCUT2D eigenvalue weighted by molar-refractivity contribution is 0.0729. The van der Waals surface area contributed by atoms with E-state index in [1.54, 1.807) is 28.5 Å². The van der Waals surface area contributed by atoms with Crippen LogP contribution in [0.15, 0.2) is 40.5 Å². The number of nitrogens with one attached hydrogen (secondary N) is 1. The van der Waals surface area contributed by atoms with Gasteiger partial charge in [-0.2, -0.15) is 4.31 Å². The van der Waals surface area contributed by atoms with Crippen molar-refractivity contribution in [2.45, 2.75) is 35.7 Å². The number of piperidine rings is 1. The Morgan fingerprint density at radius 1 is 1.09 bits per heavy atom. The van der Waals surface area contributed by atoms with Crippen LogP contribution in [-0.2, 0) is 21.3 Å². The maximum atomic E-state index is 12.6. The Morgan fingerprint density at radius 2 is 1.88 bits per heavy atom. The number of hydrogen-bond acceptors (Lipinski definition) is 8. The number of hydrogen-bond donors (Lipinski definition) is 1. The van der Waals surface area contributed by atoms with Crippen molar-refractivity contribution in [3.8, 4) is 0 Å². The Kier molecular flexibility index (Phi) is 6.66. The van der Waals surface area contributed by atoms with Crippen molar-refractivity contribution in [3.63, 3.8) is 0 Å². The first-order chi connectivity index (χ1) is 15.6. The van der Waals surface area contributed by atoms with Crippen molar-refractivity contribution < 1.29 is 13.2 Å². The fraction of sp³-hybridized carbons (Fsp3) is 0.545. The van der Waals surface area contributed by atoms with Gasteiger partial charge in [-0.3, -0.25) is 4.90 Å². The van der Waals surface area contributed by atoms with Crippen LogP contribution in [0, 0.1) is 5.92 Å². The molecule has 3 aliphatic heterocycles. The monoisotopic (exact) mass is 475 g/mol. The molecule has 0 unspecified atom stereocenters. The van der Waals surface area contributed by atoms with Crippen LogP contribution in [0.2, 0.25) is 0 Å². The third-order valence-corrected chi connectivity index (χ3v) is 9.40. The highest BCUT2D eigenvalue weighted by atomic mass is 32.2. The van der Waals surface area contributed by atoms with Gasteiger partial charge in [0.1, 0.15) is 5.03 Å². The van der Waals surface area contributed by atoms with E-state index in [2.05, 4.69) is 38.4 Å². The van der Waals surface area contributed by atoms with Crippen molar-refractivity contribution >= 4 is 33.3 Å². The van der Waals surface area contributed by atoms with E-state index in [0.29, 0.717) is 32.2 Å². The van der Waals surface area contributed by atoms with Crippen LogP contribution in [0.25, 0.3) is 0 Å². The number of morpholine rings is 1. The molecule has 0 aliphatic carbocycles. The summed E-state index contributed by atoms with van der Waals surface area (Å²) < 4.78 is 32.0. The lowest BCUT2D eigenvalue weighted by Crippen LogP contribution is -2.42. The van der Waals surface area contributed by atoms with Gasteiger partial charge >= 0.3 is 0 Å². The molecule has 1 aromatic carbocycles. The Morgan fingerprint density at radius 3 is 2.69 bits per heavy atom. The predicted octanol–water partition coefficient (Wildman–Crippen LogP) is 2.95. The number of benzene rings is 1. The van der Waals surface area contributed by atoms with E-state index >= 15 is 0 Å². The topological polar surface area (TPSA) is 87.7 Å². The van der Waals surface area contributed by atoms with Crippen LogP contribution < -0.4 is 5.32 Å². The summed E-state index contributed by atoms with van der Waals surface area (Å²) in [6, 6.07) is 6.56. The molecule has 5 rings (SSSR count). The number of anilines is 2. The molecule has 2 aromatic rings. The molecular formula is C22H29N5O3S2. The van der Waals surface area contributed by atoms with Crippen LogP contribution in [-0.4, -0.2) is 72.7 Å². The molecule has 8 nitrogen and oxygen atoms in total. The van der Waals surface area contributed by atoms with Gasteiger partial charge in [-0.05, 0) is 56.0 Å². The maximum Gasteiger partial charge on any atom is 0.214 e. The minimum absolute atomic E-state index is 0.260. The van der Waals surface area contributed by atoms with Gasteiger partial charge in [0, 0.05) is 36.9 Å². The van der Waals surface area contributed by atoms with Gasteiger partial charge in [0.2, 0.25) is 10.0 Å². The number of ether oxygens (including phenoxy) is 1. The van der Waals surface area contributed by atoms with E-state index in [4.69, 9.17) is 4.74 Å². The van der Waals surface area contributed by atoms with Crippen molar-refractivity contribution in [1.29, 1.82) is 0 Å². The molecule has 3 aliphatic rings. The predicted molar refractivity (Wildman–Crippen MR) is 125 cm³/mol. The Hall–Kier alpha value is -1.72. The first kappa shape index (κ1) is 22.1. The highest BCUT2D eigenvalue weighted by Crippen LogP contribution is 2.42. The summed E-state index contributed by atoms with van der Waals surface area (Å²) in [4.78, 5) is 12.4. The lowest BCUT2D eigenvalue weighted by Gasteiger charge is -2.33. The van der Waals surface area contributed by atoms with E-state index in [-0.39, 0.29) is 5.75 Å². The van der Waals surface area contributed by atoms with E-state index in [9.17, 15) is 8.42 Å². The molecule has 0 amide bonds. The zero-order chi connectivity index (χ0) is 22.0. The fourth-order valence-corrected chi connectivity index (χ4v) is 7.01. The van der Waals surface area contributed by atoms with Crippen LogP contribution in [0.4, 0.5) is 11.5 Å². The summed E-state index contributed by atoms with van der Waals surface area (Å²) in [5.74, 6) is 1.56. The van der Waals surface area contributed by atoms with Crippen molar-refractivity contribution in [1.82, 2.24) is 19.2 Å². The molecular weight excluding hydrogens is 446 g/mol. The van der Waals surface area contributed by atoms with Crippen molar-refractivity contribution in [2.24, 2.45) is 5.92 Å². The first-order valence-corrected chi connectivity index (χ1v) is 13.7. The molecule has 0 atom stereocenters. The zero-order valence-corrected chi connectivity index (χ0v) is 19.7. The summed E-state index contributed by atoms with van der Waals surface area (Å²) >= 11 is 1.65. The summed E-state index contributed by atoms with van der Waals surface area (Å²) in [5, 5.41) is 4.31. The van der Waals surface area contributed by atoms with E-state index < -0.39 is 10.0 Å². The second kappa shape index (κ2) is 9.64. The molecule has 32 heavy (non-hydrogen) atoms. The second-order valence-electron chi connectivity index (χ2n) is 8.60. The molecule has 2 saturated heterocycles. The average Bonchev–Trinajstić information content (AvgIpc) is 2.83. The Balaban J connectivity index is 1.11.